The van der Waals surface area contributed by atoms with E-state index in [-0.39, 0.29) is 25.7 Å². The largest absolute Gasteiger partial charge is 0.472 e. The number of aliphatic hydroxyl groups is 1. The lowest BCUT2D eigenvalue weighted by Crippen LogP contribution is -2.30. The molecule has 0 aromatic heterocycles. The highest BCUT2D eigenvalue weighted by Gasteiger charge is 2.30. The molecule has 0 spiro atoms. The van der Waals surface area contributed by atoms with E-state index in [9.17, 15) is 43.2 Å². The molecular weight excluding hydrogens is 1350 g/mol. The number of carbonyl (C=O) groups excluding carboxylic acids is 4. The van der Waals surface area contributed by atoms with Crippen molar-refractivity contribution >= 4 is 39.5 Å². The summed E-state index contributed by atoms with van der Waals surface area (Å²) in [5.41, 5.74) is 0. The molecule has 0 aromatic rings. The number of carbonyl (C=O) groups is 4. The number of esters is 4. The lowest BCUT2D eigenvalue weighted by Gasteiger charge is -2.21. The average Bonchev–Trinajstić information content (AvgIpc) is 0.907. The molecule has 5 atom stereocenters. The van der Waals surface area contributed by atoms with E-state index in [0.717, 1.165) is 95.8 Å². The zero-order valence-corrected chi connectivity index (χ0v) is 70.0. The third kappa shape index (κ3) is 78.2. The van der Waals surface area contributed by atoms with Gasteiger partial charge in [0.15, 0.2) is 12.2 Å². The minimum Gasteiger partial charge on any atom is -0.462 e. The van der Waals surface area contributed by atoms with Crippen molar-refractivity contribution in [3.63, 3.8) is 0 Å². The molecule has 0 radical (unpaired) electrons. The summed E-state index contributed by atoms with van der Waals surface area (Å²) < 4.78 is 68.8. The van der Waals surface area contributed by atoms with Crippen LogP contribution in [0.15, 0.2) is 0 Å². The number of aliphatic hydroxyl groups excluding tert-OH is 1. The van der Waals surface area contributed by atoms with E-state index in [1.165, 1.54) is 283 Å². The molecule has 0 heterocycles. The summed E-state index contributed by atoms with van der Waals surface area (Å²) in [6.45, 7) is 7.37. The molecule has 104 heavy (non-hydrogen) atoms. The Kier molecular flexibility index (Phi) is 76.3. The maximum absolute atomic E-state index is 13.1. The van der Waals surface area contributed by atoms with Gasteiger partial charge in [-0.3, -0.25) is 37.3 Å². The predicted molar refractivity (Wildman–Crippen MR) is 428 cm³/mol. The average molecular weight is 1520 g/mol. The molecule has 2 unspecified atom stereocenters. The predicted octanol–water partition coefficient (Wildman–Crippen LogP) is 26.0. The van der Waals surface area contributed by atoms with Gasteiger partial charge in [0.25, 0.3) is 0 Å². The van der Waals surface area contributed by atoms with Crippen LogP contribution in [0.4, 0.5) is 0 Å². The fourth-order valence-corrected chi connectivity index (χ4v) is 14.9. The Bertz CT molecular complexity index is 1980. The van der Waals surface area contributed by atoms with Crippen LogP contribution in [0.3, 0.4) is 0 Å². The van der Waals surface area contributed by atoms with Gasteiger partial charge in [0.05, 0.1) is 26.4 Å². The number of rotatable bonds is 85. The number of hydrogen-bond donors (Lipinski definition) is 3. The monoisotopic (exact) mass is 1520 g/mol. The summed E-state index contributed by atoms with van der Waals surface area (Å²) in [7, 11) is -9.92. The molecule has 0 aliphatic carbocycles. The first kappa shape index (κ1) is 102. The van der Waals surface area contributed by atoms with Gasteiger partial charge in [0.1, 0.15) is 19.3 Å². The minimum absolute atomic E-state index is 0.109. The fraction of sp³-hybridized carbons (Fsp3) is 0.953. The quantitative estimate of drug-likeness (QED) is 0.0222. The topological polar surface area (TPSA) is 237 Å². The fourth-order valence-electron chi connectivity index (χ4n) is 13.3. The first-order valence-corrected chi connectivity index (χ1v) is 47.1. The van der Waals surface area contributed by atoms with Gasteiger partial charge in [0, 0.05) is 25.7 Å². The summed E-state index contributed by atoms with van der Waals surface area (Å²) in [5.74, 6) is -1.30. The lowest BCUT2D eigenvalue weighted by molar-refractivity contribution is -0.161. The lowest BCUT2D eigenvalue weighted by atomic mass is 10.0. The van der Waals surface area contributed by atoms with E-state index in [1.807, 2.05) is 0 Å². The summed E-state index contributed by atoms with van der Waals surface area (Å²) in [4.78, 5) is 73.1. The molecule has 618 valence electrons. The van der Waals surface area contributed by atoms with Crippen LogP contribution in [-0.2, 0) is 65.4 Å². The van der Waals surface area contributed by atoms with Gasteiger partial charge in [-0.15, -0.1) is 0 Å². The van der Waals surface area contributed by atoms with Crippen molar-refractivity contribution in [2.75, 3.05) is 39.6 Å². The van der Waals surface area contributed by atoms with E-state index in [1.54, 1.807) is 0 Å². The SMILES string of the molecule is CCCCCCCCCCCCCCCCCCCCCCC(=O)O[C@H](COC(=O)CCCCCCCCCCCCCCCCCC(C)C)COP(=O)(O)OC[C@@H](O)COP(=O)(O)OC[C@@H](COC(=O)CCCCCCCCCCC)OC(=O)CCCCCCCCCCCCCCCCCCC. The molecule has 0 fully saturated rings. The Morgan fingerprint density at radius 2 is 0.442 bits per heavy atom. The molecule has 0 aromatic carbocycles. The van der Waals surface area contributed by atoms with Gasteiger partial charge >= 0.3 is 39.5 Å². The normalized spacial score (nSPS) is 13.8. The molecule has 0 amide bonds. The van der Waals surface area contributed by atoms with Gasteiger partial charge in [-0.2, -0.15) is 0 Å². The highest BCUT2D eigenvalue weighted by Crippen LogP contribution is 2.45. The molecule has 3 N–H and O–H groups in total. The van der Waals surface area contributed by atoms with E-state index < -0.39 is 97.5 Å². The Hall–Kier alpha value is -1.94. The van der Waals surface area contributed by atoms with Gasteiger partial charge in [0.2, 0.25) is 0 Å². The van der Waals surface area contributed by atoms with Gasteiger partial charge in [-0.25, -0.2) is 9.13 Å². The van der Waals surface area contributed by atoms with Crippen molar-refractivity contribution in [1.29, 1.82) is 0 Å². The first-order chi connectivity index (χ1) is 50.5. The Morgan fingerprint density at radius 3 is 0.654 bits per heavy atom. The molecule has 0 aliphatic heterocycles. The number of unbranched alkanes of at least 4 members (excludes halogenated alkanes) is 57. The Labute approximate surface area is 638 Å². The molecule has 0 saturated heterocycles. The van der Waals surface area contributed by atoms with E-state index in [4.69, 9.17) is 37.0 Å². The minimum atomic E-state index is -4.96. The van der Waals surface area contributed by atoms with Gasteiger partial charge in [-0.05, 0) is 31.6 Å². The molecule has 19 heteroatoms. The third-order valence-corrected chi connectivity index (χ3v) is 21.9. The second kappa shape index (κ2) is 77.8. The van der Waals surface area contributed by atoms with Crippen LogP contribution in [-0.4, -0.2) is 96.7 Å². The highest BCUT2D eigenvalue weighted by molar-refractivity contribution is 7.47. The van der Waals surface area contributed by atoms with Crippen molar-refractivity contribution in [2.24, 2.45) is 5.92 Å². The highest BCUT2D eigenvalue weighted by atomic mass is 31.2. The maximum atomic E-state index is 13.1. The summed E-state index contributed by atoms with van der Waals surface area (Å²) >= 11 is 0. The summed E-state index contributed by atoms with van der Waals surface area (Å²) in [6, 6.07) is 0. The van der Waals surface area contributed by atoms with Crippen LogP contribution < -0.4 is 0 Å². The Balaban J connectivity index is 5.21. The molecular formula is C85H166O17P2. The summed E-state index contributed by atoms with van der Waals surface area (Å²) in [6.07, 6.45) is 70.8. The number of hydrogen-bond acceptors (Lipinski definition) is 15. The Morgan fingerprint density at radius 1 is 0.260 bits per heavy atom. The number of phosphoric ester groups is 2. The van der Waals surface area contributed by atoms with E-state index >= 15 is 0 Å². The van der Waals surface area contributed by atoms with Crippen LogP contribution in [0.2, 0.25) is 0 Å². The second-order valence-electron chi connectivity index (χ2n) is 31.1. The molecule has 0 saturated carbocycles. The van der Waals surface area contributed by atoms with Crippen molar-refractivity contribution in [3.05, 3.63) is 0 Å². The van der Waals surface area contributed by atoms with Gasteiger partial charge in [-0.1, -0.05) is 407 Å². The second-order valence-corrected chi connectivity index (χ2v) is 34.0. The number of phosphoric acid groups is 2. The van der Waals surface area contributed by atoms with Crippen molar-refractivity contribution in [1.82, 2.24) is 0 Å². The standard InChI is InChI=1S/C85H166O17P2/c1-6-9-12-15-18-21-23-25-27-29-30-31-33-37-42-46-51-56-61-66-71-85(90)102-81(75-96-83(88)69-64-59-54-49-44-40-38-34-35-39-43-48-52-57-62-67-78(4)5)77-100-104(93,94)98-73-79(86)72-97-103(91,92)99-76-80(74-95-82(87)68-63-58-53-47-20-17-14-11-8-3)101-84(89)70-65-60-55-50-45-41-36-32-28-26-24-22-19-16-13-10-7-2/h78-81,86H,6-77H2,1-5H3,(H,91,92)(H,93,94)/t79-,80+,81+/m0/s1. The first-order valence-electron chi connectivity index (χ1n) is 44.1. The van der Waals surface area contributed by atoms with Crippen LogP contribution >= 0.6 is 15.6 Å². The van der Waals surface area contributed by atoms with Gasteiger partial charge < -0.3 is 33.8 Å². The van der Waals surface area contributed by atoms with Crippen molar-refractivity contribution in [3.8, 4) is 0 Å². The third-order valence-electron chi connectivity index (χ3n) is 20.0. The zero-order chi connectivity index (χ0) is 76.2. The van der Waals surface area contributed by atoms with Crippen LogP contribution in [0.5, 0.6) is 0 Å². The van der Waals surface area contributed by atoms with Crippen LogP contribution in [0, 0.1) is 5.92 Å². The van der Waals surface area contributed by atoms with E-state index in [0.29, 0.717) is 25.7 Å². The maximum Gasteiger partial charge on any atom is 0.472 e. The van der Waals surface area contributed by atoms with Crippen LogP contribution in [0.1, 0.15) is 458 Å². The molecule has 0 bridgehead atoms. The van der Waals surface area contributed by atoms with Crippen LogP contribution in [0.25, 0.3) is 0 Å². The number of ether oxygens (including phenoxy) is 4. The molecule has 0 rings (SSSR count). The summed E-state index contributed by atoms with van der Waals surface area (Å²) in [5, 5.41) is 10.7. The van der Waals surface area contributed by atoms with E-state index in [2.05, 4.69) is 34.6 Å². The zero-order valence-electron chi connectivity index (χ0n) is 68.2. The van der Waals surface area contributed by atoms with Crippen molar-refractivity contribution < 1.29 is 80.2 Å². The smallest absolute Gasteiger partial charge is 0.462 e. The molecule has 0 aliphatic rings. The van der Waals surface area contributed by atoms with Crippen molar-refractivity contribution in [2.45, 2.75) is 477 Å². The molecule has 17 nitrogen and oxygen atoms in total.